The van der Waals surface area contributed by atoms with E-state index in [4.69, 9.17) is 11.6 Å². The maximum Gasteiger partial charge on any atom is 0.304 e. The Morgan fingerprint density at radius 2 is 2.08 bits per heavy atom. The maximum absolute atomic E-state index is 11.2. The summed E-state index contributed by atoms with van der Waals surface area (Å²) >= 11 is 6.13. The van der Waals surface area contributed by atoms with Crippen LogP contribution in [0.5, 0.6) is 0 Å². The number of carboxylic acids is 1. The van der Waals surface area contributed by atoms with Crippen molar-refractivity contribution in [2.24, 2.45) is 0 Å². The fourth-order valence-electron chi connectivity index (χ4n) is 2.67. The van der Waals surface area contributed by atoms with Crippen LogP contribution in [-0.4, -0.2) is 27.6 Å². The van der Waals surface area contributed by atoms with E-state index in [0.717, 1.165) is 22.3 Å². The van der Waals surface area contributed by atoms with Crippen molar-refractivity contribution in [3.8, 4) is 0 Å². The highest BCUT2D eigenvalue weighted by Crippen LogP contribution is 2.25. The lowest BCUT2D eigenvalue weighted by Gasteiger charge is -2.16. The van der Waals surface area contributed by atoms with Gasteiger partial charge in [0.2, 0.25) is 0 Å². The van der Waals surface area contributed by atoms with Crippen LogP contribution in [0.15, 0.2) is 42.5 Å². The van der Waals surface area contributed by atoms with E-state index in [9.17, 15) is 9.90 Å². The Balaban J connectivity index is 1.83. The van der Waals surface area contributed by atoms with Gasteiger partial charge in [0.1, 0.15) is 5.82 Å². The number of nitrogens with zero attached hydrogens (tertiary/aromatic N) is 1. The highest BCUT2D eigenvalue weighted by atomic mass is 35.5. The summed E-state index contributed by atoms with van der Waals surface area (Å²) in [5.74, 6) is -0.455. The summed E-state index contributed by atoms with van der Waals surface area (Å²) < 4.78 is 0. The predicted octanol–water partition coefficient (Wildman–Crippen LogP) is 4.20. The largest absolute Gasteiger partial charge is 0.481 e. The summed E-state index contributed by atoms with van der Waals surface area (Å²) in [6, 6.07) is 13.3. The van der Waals surface area contributed by atoms with Crippen molar-refractivity contribution in [3.63, 3.8) is 0 Å². The third-order valence-electron chi connectivity index (χ3n) is 4.02. The van der Waals surface area contributed by atoms with Crippen LogP contribution in [0.3, 0.4) is 0 Å². The van der Waals surface area contributed by atoms with Gasteiger partial charge in [0.05, 0.1) is 17.5 Å². The molecule has 3 aromatic rings. The van der Waals surface area contributed by atoms with Crippen LogP contribution >= 0.6 is 11.6 Å². The molecule has 1 aromatic heterocycles. The number of halogens is 1. The molecule has 0 saturated carbocycles. The smallest absolute Gasteiger partial charge is 0.304 e. The summed E-state index contributed by atoms with van der Waals surface area (Å²) in [5.41, 5.74) is 3.58. The van der Waals surface area contributed by atoms with Crippen molar-refractivity contribution in [1.29, 1.82) is 0 Å². The van der Waals surface area contributed by atoms with Crippen molar-refractivity contribution in [2.45, 2.75) is 19.3 Å². The molecule has 0 amide bonds. The van der Waals surface area contributed by atoms with Crippen molar-refractivity contribution < 1.29 is 9.90 Å². The first-order chi connectivity index (χ1) is 11.5. The zero-order chi connectivity index (χ0) is 17.1. The minimum absolute atomic E-state index is 0.00750. The third kappa shape index (κ3) is 3.51. The Morgan fingerprint density at radius 1 is 1.29 bits per heavy atom. The Morgan fingerprint density at radius 3 is 2.83 bits per heavy atom. The van der Waals surface area contributed by atoms with Crippen molar-refractivity contribution >= 4 is 34.3 Å². The number of aromatic amines is 1. The summed E-state index contributed by atoms with van der Waals surface area (Å²) in [6.07, 6.45) is -0.00750. The molecule has 3 rings (SSSR count). The molecule has 3 N–H and O–H groups in total. The topological polar surface area (TPSA) is 78.0 Å². The van der Waals surface area contributed by atoms with Gasteiger partial charge in [-0.3, -0.25) is 4.79 Å². The van der Waals surface area contributed by atoms with Crippen molar-refractivity contribution in [2.75, 3.05) is 11.9 Å². The molecule has 124 valence electrons. The number of aromatic nitrogens is 2. The number of carboxylic acid groups (broad SMARTS) is 1. The van der Waals surface area contributed by atoms with Crippen molar-refractivity contribution in [3.05, 3.63) is 58.9 Å². The number of rotatable bonds is 6. The van der Waals surface area contributed by atoms with E-state index >= 15 is 0 Å². The fourth-order valence-corrected chi connectivity index (χ4v) is 2.85. The molecule has 0 saturated heterocycles. The molecule has 5 nitrogen and oxygen atoms in total. The lowest BCUT2D eigenvalue weighted by molar-refractivity contribution is -0.137. The number of imidazole rings is 1. The molecule has 0 radical (unpaired) electrons. The molecule has 0 bridgehead atoms. The number of hydrogen-bond acceptors (Lipinski definition) is 3. The van der Waals surface area contributed by atoms with E-state index in [-0.39, 0.29) is 12.3 Å². The molecule has 6 heteroatoms. The molecule has 0 aliphatic carbocycles. The number of H-pyrrole nitrogens is 1. The van der Waals surface area contributed by atoms with E-state index in [1.54, 1.807) is 0 Å². The fraction of sp³-hybridized carbons (Fsp3) is 0.222. The van der Waals surface area contributed by atoms with Crippen LogP contribution in [0.4, 0.5) is 5.69 Å². The summed E-state index contributed by atoms with van der Waals surface area (Å²) in [6.45, 7) is 2.38. The van der Waals surface area contributed by atoms with E-state index in [2.05, 4.69) is 15.3 Å². The van der Waals surface area contributed by atoms with Crippen LogP contribution in [0.2, 0.25) is 5.02 Å². The quantitative estimate of drug-likeness (QED) is 0.627. The van der Waals surface area contributed by atoms with Gasteiger partial charge in [-0.25, -0.2) is 4.98 Å². The van der Waals surface area contributed by atoms with Crippen LogP contribution < -0.4 is 5.32 Å². The van der Waals surface area contributed by atoms with Gasteiger partial charge < -0.3 is 15.4 Å². The minimum atomic E-state index is -0.856. The zero-order valence-electron chi connectivity index (χ0n) is 13.2. The van der Waals surface area contributed by atoms with Gasteiger partial charge in [0, 0.05) is 23.2 Å². The van der Waals surface area contributed by atoms with Crippen molar-refractivity contribution in [1.82, 2.24) is 9.97 Å². The Labute approximate surface area is 144 Å². The van der Waals surface area contributed by atoms with Gasteiger partial charge in [0.15, 0.2) is 0 Å². The molecule has 24 heavy (non-hydrogen) atoms. The number of carbonyl (C=O) groups is 1. The minimum Gasteiger partial charge on any atom is -0.481 e. The highest BCUT2D eigenvalue weighted by Gasteiger charge is 2.19. The summed E-state index contributed by atoms with van der Waals surface area (Å²) in [5, 5.41) is 13.2. The van der Waals surface area contributed by atoms with Gasteiger partial charge >= 0.3 is 5.97 Å². The van der Waals surface area contributed by atoms with E-state index in [1.165, 1.54) is 0 Å². The van der Waals surface area contributed by atoms with Gasteiger partial charge in [-0.15, -0.1) is 0 Å². The Kier molecular flexibility index (Phi) is 4.71. The van der Waals surface area contributed by atoms with E-state index in [0.29, 0.717) is 17.4 Å². The van der Waals surface area contributed by atoms with Gasteiger partial charge in [0.25, 0.3) is 0 Å². The second kappa shape index (κ2) is 6.93. The number of aliphatic carboxylic acids is 1. The number of benzene rings is 2. The normalized spacial score (nSPS) is 12.2. The first-order valence-electron chi connectivity index (χ1n) is 7.70. The number of fused-ring (bicyclic) bond motifs is 1. The highest BCUT2D eigenvalue weighted by molar-refractivity contribution is 6.31. The SMILES string of the molecule is Cc1c(Cl)cccc1NCC(CC(=O)O)c1nc2ccccc2[nH]1. The third-order valence-corrected chi connectivity index (χ3v) is 4.43. The molecular weight excluding hydrogens is 326 g/mol. The molecular formula is C18H18ClN3O2. The van der Waals surface area contributed by atoms with Gasteiger partial charge in [-0.05, 0) is 36.8 Å². The Hall–Kier alpha value is -2.53. The second-order valence-corrected chi connectivity index (χ2v) is 6.13. The number of hydrogen-bond donors (Lipinski definition) is 3. The molecule has 0 aliphatic heterocycles. The molecule has 1 atom stereocenters. The van der Waals surface area contributed by atoms with Crippen LogP contribution in [0.25, 0.3) is 11.0 Å². The first-order valence-corrected chi connectivity index (χ1v) is 8.08. The molecule has 0 aliphatic rings. The first kappa shape index (κ1) is 16.3. The van der Waals surface area contributed by atoms with Gasteiger partial charge in [-0.2, -0.15) is 0 Å². The monoisotopic (exact) mass is 343 g/mol. The van der Waals surface area contributed by atoms with E-state index in [1.807, 2.05) is 49.4 Å². The van der Waals surface area contributed by atoms with Crippen LogP contribution in [0.1, 0.15) is 23.7 Å². The molecule has 2 aromatic carbocycles. The molecule has 1 unspecified atom stereocenters. The second-order valence-electron chi connectivity index (χ2n) is 5.73. The average Bonchev–Trinajstić information content (AvgIpc) is 2.98. The average molecular weight is 344 g/mol. The number of nitrogens with one attached hydrogen (secondary N) is 2. The van der Waals surface area contributed by atoms with Crippen LogP contribution in [0, 0.1) is 6.92 Å². The summed E-state index contributed by atoms with van der Waals surface area (Å²) in [7, 11) is 0. The maximum atomic E-state index is 11.2. The molecule has 0 spiro atoms. The van der Waals surface area contributed by atoms with Crippen LogP contribution in [-0.2, 0) is 4.79 Å². The predicted molar refractivity (Wildman–Crippen MR) is 95.8 cm³/mol. The van der Waals surface area contributed by atoms with E-state index < -0.39 is 5.97 Å². The number of anilines is 1. The lowest BCUT2D eigenvalue weighted by Crippen LogP contribution is -2.18. The van der Waals surface area contributed by atoms with Gasteiger partial charge in [-0.1, -0.05) is 29.8 Å². The standard InChI is InChI=1S/C18H18ClN3O2/c1-11-13(19)5-4-8-14(11)20-10-12(9-17(23)24)18-21-15-6-2-3-7-16(15)22-18/h2-8,12,20H,9-10H2,1H3,(H,21,22)(H,23,24). The Bertz CT molecular complexity index is 843. The zero-order valence-corrected chi connectivity index (χ0v) is 14.0. The number of para-hydroxylation sites is 2. The molecule has 1 heterocycles. The molecule has 0 fully saturated rings. The summed E-state index contributed by atoms with van der Waals surface area (Å²) in [4.78, 5) is 19.0. The lowest BCUT2D eigenvalue weighted by atomic mass is 10.0.